The van der Waals surface area contributed by atoms with Gasteiger partial charge in [-0.15, -0.1) is 5.10 Å². The zero-order valence-corrected chi connectivity index (χ0v) is 21.1. The van der Waals surface area contributed by atoms with Gasteiger partial charge in [-0.05, 0) is 54.6 Å². The summed E-state index contributed by atoms with van der Waals surface area (Å²) < 4.78 is 4.05. The fourth-order valence-electron chi connectivity index (χ4n) is 5.09. The molecule has 0 atom stereocenters. The number of tetrazole rings is 1. The number of imidazole rings is 1. The molecule has 3 aromatic heterocycles. The number of hydrogen-bond acceptors (Lipinski definition) is 4. The highest BCUT2D eigenvalue weighted by Crippen LogP contribution is 2.40. The molecule has 0 unspecified atom stereocenters. The third-order valence-corrected chi connectivity index (χ3v) is 6.93. The lowest BCUT2D eigenvalue weighted by atomic mass is 10.0. The summed E-state index contributed by atoms with van der Waals surface area (Å²) in [6.07, 6.45) is 0. The van der Waals surface area contributed by atoms with Gasteiger partial charge in [0.1, 0.15) is 5.82 Å². The van der Waals surface area contributed by atoms with Crippen LogP contribution in [0.3, 0.4) is 0 Å². The van der Waals surface area contributed by atoms with Crippen molar-refractivity contribution >= 4 is 16.6 Å². The van der Waals surface area contributed by atoms with Crippen LogP contribution in [0.25, 0.3) is 56.1 Å². The average molecular weight is 493 g/mol. The SMILES string of the molecule is Cc1ccc(-n2c(-c3cc4cc(C)ccc4n4nnnc34)nc(-c3ccccc3)c2-c2ccccc2)cc1. The summed E-state index contributed by atoms with van der Waals surface area (Å²) in [6.45, 7) is 4.19. The topological polar surface area (TPSA) is 60.9 Å². The van der Waals surface area contributed by atoms with Gasteiger partial charge in [0.05, 0.1) is 22.5 Å². The van der Waals surface area contributed by atoms with E-state index in [0.717, 1.165) is 50.5 Å². The van der Waals surface area contributed by atoms with Crippen LogP contribution in [0.2, 0.25) is 0 Å². The first-order valence-electron chi connectivity index (χ1n) is 12.6. The van der Waals surface area contributed by atoms with Crippen LogP contribution >= 0.6 is 0 Å². The molecule has 0 radical (unpaired) electrons. The fraction of sp³-hybridized carbons (Fsp3) is 0.0625. The van der Waals surface area contributed by atoms with E-state index in [9.17, 15) is 0 Å². The van der Waals surface area contributed by atoms with E-state index in [-0.39, 0.29) is 0 Å². The summed E-state index contributed by atoms with van der Waals surface area (Å²) >= 11 is 0. The fourth-order valence-corrected chi connectivity index (χ4v) is 5.09. The predicted molar refractivity (Wildman–Crippen MR) is 151 cm³/mol. The molecule has 0 saturated heterocycles. The number of benzene rings is 4. The van der Waals surface area contributed by atoms with Gasteiger partial charge >= 0.3 is 0 Å². The normalized spacial score (nSPS) is 11.4. The smallest absolute Gasteiger partial charge is 0.190 e. The second-order valence-corrected chi connectivity index (χ2v) is 9.57. The summed E-state index contributed by atoms with van der Waals surface area (Å²) in [5.41, 5.74) is 9.94. The Hall–Kier alpha value is -5.10. The van der Waals surface area contributed by atoms with Crippen LogP contribution in [0, 0.1) is 13.8 Å². The quantitative estimate of drug-likeness (QED) is 0.263. The van der Waals surface area contributed by atoms with Gasteiger partial charge in [-0.1, -0.05) is 90.0 Å². The summed E-state index contributed by atoms with van der Waals surface area (Å²) in [5.74, 6) is 0.787. The summed E-state index contributed by atoms with van der Waals surface area (Å²) in [7, 11) is 0. The molecule has 0 saturated carbocycles. The molecule has 6 nitrogen and oxygen atoms in total. The molecule has 6 heteroatoms. The van der Waals surface area contributed by atoms with Crippen molar-refractivity contribution in [2.75, 3.05) is 0 Å². The van der Waals surface area contributed by atoms with Crippen molar-refractivity contribution in [3.63, 3.8) is 0 Å². The number of rotatable bonds is 4. The molecule has 0 amide bonds. The summed E-state index contributed by atoms with van der Waals surface area (Å²) in [4.78, 5) is 5.34. The number of pyridine rings is 1. The Balaban J connectivity index is 1.64. The van der Waals surface area contributed by atoms with Crippen molar-refractivity contribution in [1.29, 1.82) is 0 Å². The van der Waals surface area contributed by atoms with Crippen LogP contribution in [-0.4, -0.2) is 29.6 Å². The van der Waals surface area contributed by atoms with Crippen molar-refractivity contribution in [3.8, 4) is 39.6 Å². The summed E-state index contributed by atoms with van der Waals surface area (Å²) in [6, 6.07) is 37.8. The lowest BCUT2D eigenvalue weighted by molar-refractivity contribution is 0.841. The number of aryl methyl sites for hydroxylation is 2. The maximum atomic E-state index is 5.34. The monoisotopic (exact) mass is 492 g/mol. The highest BCUT2D eigenvalue weighted by Gasteiger charge is 2.25. The Morgan fingerprint density at radius 2 is 1.34 bits per heavy atom. The van der Waals surface area contributed by atoms with Crippen molar-refractivity contribution in [1.82, 2.24) is 29.6 Å². The molecule has 4 aromatic carbocycles. The molecule has 0 aliphatic carbocycles. The maximum Gasteiger partial charge on any atom is 0.190 e. The molecule has 0 fully saturated rings. The van der Waals surface area contributed by atoms with Crippen molar-refractivity contribution < 1.29 is 0 Å². The first kappa shape index (κ1) is 22.1. The zero-order valence-electron chi connectivity index (χ0n) is 21.1. The standard InChI is InChI=1S/C32H24N6/c1-21-13-16-26(17-14-21)37-30(24-11-7-4-8-12-24)29(23-9-5-3-6-10-23)33-31(37)27-20-25-19-22(2)15-18-28(25)38-32(27)34-35-36-38/h3-20H,1-2H3. The van der Waals surface area contributed by atoms with Crippen molar-refractivity contribution in [2.24, 2.45) is 0 Å². The van der Waals surface area contributed by atoms with E-state index in [0.29, 0.717) is 5.65 Å². The van der Waals surface area contributed by atoms with Gasteiger partial charge in [-0.25, -0.2) is 4.98 Å². The molecule has 0 aliphatic rings. The Morgan fingerprint density at radius 1 is 0.658 bits per heavy atom. The Morgan fingerprint density at radius 3 is 2.08 bits per heavy atom. The number of hydrogen-bond donors (Lipinski definition) is 0. The molecule has 0 bridgehead atoms. The van der Waals surface area contributed by atoms with Gasteiger partial charge in [0.25, 0.3) is 0 Å². The van der Waals surface area contributed by atoms with Crippen LogP contribution in [0.1, 0.15) is 11.1 Å². The van der Waals surface area contributed by atoms with Gasteiger partial charge in [0, 0.05) is 22.2 Å². The van der Waals surface area contributed by atoms with Crippen LogP contribution in [0.4, 0.5) is 0 Å². The maximum absolute atomic E-state index is 5.34. The Bertz CT molecular complexity index is 1920. The molecule has 0 N–H and O–H groups in total. The zero-order chi connectivity index (χ0) is 25.6. The first-order chi connectivity index (χ1) is 18.7. The lowest BCUT2D eigenvalue weighted by Crippen LogP contribution is -2.02. The predicted octanol–water partition coefficient (Wildman–Crippen LogP) is 7.08. The molecular formula is C32H24N6. The van der Waals surface area contributed by atoms with E-state index >= 15 is 0 Å². The minimum atomic E-state index is 0.666. The van der Waals surface area contributed by atoms with E-state index in [1.54, 1.807) is 0 Å². The molecule has 7 rings (SSSR count). The van der Waals surface area contributed by atoms with Gasteiger partial charge in [-0.3, -0.25) is 4.57 Å². The van der Waals surface area contributed by atoms with E-state index in [4.69, 9.17) is 4.98 Å². The second kappa shape index (κ2) is 8.78. The summed E-state index contributed by atoms with van der Waals surface area (Å²) in [5, 5.41) is 13.9. The van der Waals surface area contributed by atoms with Crippen LogP contribution < -0.4 is 0 Å². The second-order valence-electron chi connectivity index (χ2n) is 9.57. The molecule has 0 spiro atoms. The largest absolute Gasteiger partial charge is 0.292 e. The molecule has 3 heterocycles. The lowest BCUT2D eigenvalue weighted by Gasteiger charge is -2.15. The molecule has 182 valence electrons. The third kappa shape index (κ3) is 3.58. The Kier molecular flexibility index (Phi) is 5.11. The Labute approximate surface area is 219 Å². The third-order valence-electron chi connectivity index (χ3n) is 6.93. The van der Waals surface area contributed by atoms with Crippen molar-refractivity contribution in [2.45, 2.75) is 13.8 Å². The van der Waals surface area contributed by atoms with Gasteiger partial charge < -0.3 is 0 Å². The van der Waals surface area contributed by atoms with Crippen LogP contribution in [-0.2, 0) is 0 Å². The average Bonchev–Trinajstić information content (AvgIpc) is 3.60. The van der Waals surface area contributed by atoms with Crippen molar-refractivity contribution in [3.05, 3.63) is 120 Å². The number of aromatic nitrogens is 6. The highest BCUT2D eigenvalue weighted by molar-refractivity contribution is 5.93. The van der Waals surface area contributed by atoms with Gasteiger partial charge in [0.15, 0.2) is 5.65 Å². The molecular weight excluding hydrogens is 468 g/mol. The molecule has 7 aromatic rings. The minimum Gasteiger partial charge on any atom is -0.292 e. The highest BCUT2D eigenvalue weighted by atomic mass is 15.5. The number of nitrogens with zero attached hydrogens (tertiary/aromatic N) is 6. The minimum absolute atomic E-state index is 0.666. The van der Waals surface area contributed by atoms with Crippen LogP contribution in [0.5, 0.6) is 0 Å². The van der Waals surface area contributed by atoms with Gasteiger partial charge in [0.2, 0.25) is 0 Å². The van der Waals surface area contributed by atoms with E-state index < -0.39 is 0 Å². The van der Waals surface area contributed by atoms with E-state index in [1.807, 2.05) is 28.8 Å². The van der Waals surface area contributed by atoms with Gasteiger partial charge in [-0.2, -0.15) is 4.52 Å². The van der Waals surface area contributed by atoms with Crippen LogP contribution in [0.15, 0.2) is 109 Å². The van der Waals surface area contributed by atoms with E-state index in [2.05, 4.69) is 119 Å². The molecule has 0 aliphatic heterocycles. The van der Waals surface area contributed by atoms with E-state index in [1.165, 1.54) is 11.1 Å². The first-order valence-corrected chi connectivity index (χ1v) is 12.6. The number of fused-ring (bicyclic) bond motifs is 3. The molecule has 38 heavy (non-hydrogen) atoms.